The van der Waals surface area contributed by atoms with Crippen molar-refractivity contribution in [3.63, 3.8) is 0 Å². The summed E-state index contributed by atoms with van der Waals surface area (Å²) in [5.74, 6) is -1.05. The summed E-state index contributed by atoms with van der Waals surface area (Å²) in [7, 11) is 0. The molecule has 92 valence electrons. The highest BCUT2D eigenvalue weighted by Gasteiger charge is 2.35. The third-order valence-corrected chi connectivity index (χ3v) is 3.37. The average molecular weight is 245 g/mol. The fraction of sp³-hybridized carbons (Fsp3) is 0.818. The Morgan fingerprint density at radius 1 is 1.25 bits per heavy atom. The van der Waals surface area contributed by atoms with Gasteiger partial charge in [0.25, 0.3) is 0 Å². The number of carboxylic acids is 1. The molecule has 2 unspecified atom stereocenters. The summed E-state index contributed by atoms with van der Waals surface area (Å²) in [5, 5.41) is 11.8. The zero-order chi connectivity index (χ0) is 12.0. The largest absolute Gasteiger partial charge is 0.481 e. The molecule has 0 aromatic heterocycles. The van der Waals surface area contributed by atoms with Gasteiger partial charge in [-0.1, -0.05) is 12.8 Å². The van der Waals surface area contributed by atoms with Crippen molar-refractivity contribution in [3.05, 3.63) is 0 Å². The number of rotatable bonds is 5. The summed E-state index contributed by atoms with van der Waals surface area (Å²) in [6, 6.07) is 0. The first-order valence-corrected chi connectivity index (χ1v) is 6.41. The number of aliphatic carboxylic acids is 1. The number of nitrogens with one attached hydrogen (secondary N) is 1. The Kier molecular flexibility index (Phi) is 5.66. The SMILES string of the molecule is O=C(O)C1CCCCC1C(=O)NCCCS. The van der Waals surface area contributed by atoms with Crippen molar-refractivity contribution in [2.75, 3.05) is 12.3 Å². The normalized spacial score (nSPS) is 25.1. The first-order valence-electron chi connectivity index (χ1n) is 5.78. The van der Waals surface area contributed by atoms with E-state index >= 15 is 0 Å². The highest BCUT2D eigenvalue weighted by atomic mass is 32.1. The smallest absolute Gasteiger partial charge is 0.307 e. The van der Waals surface area contributed by atoms with E-state index in [-0.39, 0.29) is 11.8 Å². The van der Waals surface area contributed by atoms with Crippen molar-refractivity contribution >= 4 is 24.5 Å². The van der Waals surface area contributed by atoms with E-state index in [1.54, 1.807) is 0 Å². The van der Waals surface area contributed by atoms with Crippen LogP contribution in [-0.2, 0) is 9.59 Å². The minimum atomic E-state index is -0.839. The minimum Gasteiger partial charge on any atom is -0.481 e. The van der Waals surface area contributed by atoms with Crippen LogP contribution < -0.4 is 5.32 Å². The fourth-order valence-electron chi connectivity index (χ4n) is 2.16. The second-order valence-electron chi connectivity index (χ2n) is 4.20. The molecule has 1 aliphatic rings. The summed E-state index contributed by atoms with van der Waals surface area (Å²) in [6.07, 6.45) is 4.01. The van der Waals surface area contributed by atoms with Crippen LogP contribution in [-0.4, -0.2) is 29.3 Å². The Balaban J connectivity index is 2.47. The van der Waals surface area contributed by atoms with E-state index in [4.69, 9.17) is 5.11 Å². The topological polar surface area (TPSA) is 66.4 Å². The van der Waals surface area contributed by atoms with Gasteiger partial charge < -0.3 is 10.4 Å². The Morgan fingerprint density at radius 3 is 2.44 bits per heavy atom. The highest BCUT2D eigenvalue weighted by molar-refractivity contribution is 7.80. The molecule has 0 radical (unpaired) electrons. The molecule has 0 spiro atoms. The van der Waals surface area contributed by atoms with E-state index < -0.39 is 11.9 Å². The molecule has 0 aromatic rings. The molecule has 4 nitrogen and oxygen atoms in total. The number of carbonyl (C=O) groups excluding carboxylic acids is 1. The molecule has 2 N–H and O–H groups in total. The van der Waals surface area contributed by atoms with E-state index in [0.717, 1.165) is 25.0 Å². The maximum Gasteiger partial charge on any atom is 0.307 e. The molecule has 1 aliphatic carbocycles. The molecule has 1 fully saturated rings. The third-order valence-electron chi connectivity index (χ3n) is 3.05. The maximum absolute atomic E-state index is 11.8. The van der Waals surface area contributed by atoms with Crippen LogP contribution in [0.5, 0.6) is 0 Å². The van der Waals surface area contributed by atoms with E-state index in [9.17, 15) is 9.59 Å². The number of amides is 1. The molecular weight excluding hydrogens is 226 g/mol. The molecule has 2 atom stereocenters. The van der Waals surface area contributed by atoms with E-state index in [1.165, 1.54) is 0 Å². The number of hydrogen-bond donors (Lipinski definition) is 3. The Hall–Kier alpha value is -0.710. The predicted octanol–water partition coefficient (Wildman–Crippen LogP) is 1.31. The van der Waals surface area contributed by atoms with Gasteiger partial charge in [0, 0.05) is 6.54 Å². The van der Waals surface area contributed by atoms with Crippen molar-refractivity contribution in [1.82, 2.24) is 5.32 Å². The fourth-order valence-corrected chi connectivity index (χ4v) is 2.32. The first kappa shape index (κ1) is 13.4. The second-order valence-corrected chi connectivity index (χ2v) is 4.65. The van der Waals surface area contributed by atoms with Crippen molar-refractivity contribution in [1.29, 1.82) is 0 Å². The van der Waals surface area contributed by atoms with Gasteiger partial charge in [-0.3, -0.25) is 9.59 Å². The van der Waals surface area contributed by atoms with Gasteiger partial charge in [0.15, 0.2) is 0 Å². The van der Waals surface area contributed by atoms with Crippen LogP contribution in [0.1, 0.15) is 32.1 Å². The van der Waals surface area contributed by atoms with Gasteiger partial charge in [-0.2, -0.15) is 12.6 Å². The Labute approximate surface area is 101 Å². The number of hydrogen-bond acceptors (Lipinski definition) is 3. The lowest BCUT2D eigenvalue weighted by atomic mass is 9.79. The van der Waals surface area contributed by atoms with E-state index in [0.29, 0.717) is 19.4 Å². The zero-order valence-corrected chi connectivity index (χ0v) is 10.2. The van der Waals surface area contributed by atoms with Gasteiger partial charge in [0.1, 0.15) is 0 Å². The summed E-state index contributed by atoms with van der Waals surface area (Å²) in [4.78, 5) is 22.8. The summed E-state index contributed by atoms with van der Waals surface area (Å²) in [5.41, 5.74) is 0. The van der Waals surface area contributed by atoms with E-state index in [1.807, 2.05) is 0 Å². The van der Waals surface area contributed by atoms with E-state index in [2.05, 4.69) is 17.9 Å². The van der Waals surface area contributed by atoms with Crippen LogP contribution in [0.25, 0.3) is 0 Å². The number of carbonyl (C=O) groups is 2. The number of carboxylic acid groups (broad SMARTS) is 1. The van der Waals surface area contributed by atoms with Crippen molar-refractivity contribution in [2.24, 2.45) is 11.8 Å². The molecule has 5 heteroatoms. The molecule has 0 bridgehead atoms. The van der Waals surface area contributed by atoms with Gasteiger partial charge in [-0.25, -0.2) is 0 Å². The molecule has 0 saturated heterocycles. The lowest BCUT2D eigenvalue weighted by molar-refractivity contribution is -0.148. The third kappa shape index (κ3) is 3.70. The lowest BCUT2D eigenvalue weighted by Crippen LogP contribution is -2.40. The summed E-state index contributed by atoms with van der Waals surface area (Å²) < 4.78 is 0. The monoisotopic (exact) mass is 245 g/mol. The molecule has 0 heterocycles. The van der Waals surface area contributed by atoms with Crippen LogP contribution in [0.2, 0.25) is 0 Å². The quantitative estimate of drug-likeness (QED) is 0.505. The molecule has 0 aromatic carbocycles. The van der Waals surface area contributed by atoms with Crippen molar-refractivity contribution in [3.8, 4) is 0 Å². The van der Waals surface area contributed by atoms with Crippen molar-refractivity contribution < 1.29 is 14.7 Å². The van der Waals surface area contributed by atoms with Gasteiger partial charge in [-0.15, -0.1) is 0 Å². The van der Waals surface area contributed by atoms with Gasteiger partial charge >= 0.3 is 5.97 Å². The molecular formula is C11H19NO3S. The Morgan fingerprint density at radius 2 is 1.88 bits per heavy atom. The molecule has 1 amide bonds. The van der Waals surface area contributed by atoms with Gasteiger partial charge in [0.05, 0.1) is 11.8 Å². The maximum atomic E-state index is 11.8. The molecule has 1 rings (SSSR count). The summed E-state index contributed by atoms with van der Waals surface area (Å²) >= 11 is 4.06. The Bertz CT molecular complexity index is 258. The lowest BCUT2D eigenvalue weighted by Gasteiger charge is -2.27. The molecule has 1 saturated carbocycles. The second kappa shape index (κ2) is 6.78. The average Bonchev–Trinajstić information content (AvgIpc) is 2.29. The highest BCUT2D eigenvalue weighted by Crippen LogP contribution is 2.30. The standard InChI is InChI=1S/C11H19NO3S/c13-10(12-6-3-7-16)8-4-1-2-5-9(8)11(14)15/h8-9,16H,1-7H2,(H,12,13)(H,14,15). The molecule has 0 aliphatic heterocycles. The van der Waals surface area contributed by atoms with Crippen molar-refractivity contribution in [2.45, 2.75) is 32.1 Å². The van der Waals surface area contributed by atoms with Crippen LogP contribution in [0.4, 0.5) is 0 Å². The van der Waals surface area contributed by atoms with Gasteiger partial charge in [0.2, 0.25) is 5.91 Å². The predicted molar refractivity (Wildman–Crippen MR) is 64.6 cm³/mol. The van der Waals surface area contributed by atoms with Crippen LogP contribution in [0.3, 0.4) is 0 Å². The van der Waals surface area contributed by atoms with Gasteiger partial charge in [-0.05, 0) is 25.0 Å². The summed E-state index contributed by atoms with van der Waals surface area (Å²) in [6.45, 7) is 0.588. The minimum absolute atomic E-state index is 0.103. The number of thiol groups is 1. The first-order chi connectivity index (χ1) is 7.66. The zero-order valence-electron chi connectivity index (χ0n) is 9.32. The molecule has 16 heavy (non-hydrogen) atoms. The van der Waals surface area contributed by atoms with Crippen LogP contribution in [0.15, 0.2) is 0 Å². The van der Waals surface area contributed by atoms with Crippen LogP contribution in [0, 0.1) is 11.8 Å². The van der Waals surface area contributed by atoms with Crippen LogP contribution >= 0.6 is 12.6 Å².